The highest BCUT2D eigenvalue weighted by Crippen LogP contribution is 2.46. The van der Waals surface area contributed by atoms with Crippen LogP contribution in [-0.2, 0) is 0 Å². The van der Waals surface area contributed by atoms with Gasteiger partial charge >= 0.3 is 6.03 Å². The number of hydrogen-bond donors (Lipinski definition) is 4. The third kappa shape index (κ3) is 4.81. The maximum Gasteiger partial charge on any atom is 0.336 e. The molecule has 3 fully saturated rings. The molecule has 1 aliphatic carbocycles. The number of amides is 2. The van der Waals surface area contributed by atoms with E-state index in [0.717, 1.165) is 49.9 Å². The summed E-state index contributed by atoms with van der Waals surface area (Å²) in [6.07, 6.45) is 7.01. The van der Waals surface area contributed by atoms with Gasteiger partial charge in [0.15, 0.2) is 11.6 Å². The third-order valence-corrected chi connectivity index (χ3v) is 7.61. The first kappa shape index (κ1) is 24.6. The van der Waals surface area contributed by atoms with Crippen LogP contribution in [-0.4, -0.2) is 52.1 Å². The van der Waals surface area contributed by atoms with Crippen molar-refractivity contribution >= 4 is 29.2 Å². The molecule has 2 amide bonds. The Hall–Kier alpha value is -3.05. The first-order valence-corrected chi connectivity index (χ1v) is 12.6. The molecule has 11 heteroatoms. The van der Waals surface area contributed by atoms with Crippen molar-refractivity contribution < 1.29 is 13.6 Å². The Balaban J connectivity index is 1.38. The monoisotopic (exact) mass is 500 g/mol. The summed E-state index contributed by atoms with van der Waals surface area (Å²) in [5.74, 6) is 5.21. The maximum absolute atomic E-state index is 15.0. The van der Waals surface area contributed by atoms with Crippen molar-refractivity contribution in [2.24, 2.45) is 5.84 Å². The van der Waals surface area contributed by atoms with E-state index in [1.54, 1.807) is 0 Å². The van der Waals surface area contributed by atoms with Crippen LogP contribution >= 0.6 is 0 Å². The van der Waals surface area contributed by atoms with Crippen molar-refractivity contribution in [3.05, 3.63) is 35.5 Å². The summed E-state index contributed by atoms with van der Waals surface area (Å²) in [7, 11) is 1.47. The van der Waals surface area contributed by atoms with Gasteiger partial charge in [-0.1, -0.05) is 0 Å². The van der Waals surface area contributed by atoms with Crippen LogP contribution in [0.4, 0.5) is 36.7 Å². The number of urea groups is 1. The van der Waals surface area contributed by atoms with Crippen molar-refractivity contribution in [1.82, 2.24) is 20.2 Å². The summed E-state index contributed by atoms with van der Waals surface area (Å²) in [5, 5.41) is 9.56. The molecule has 0 unspecified atom stereocenters. The maximum atomic E-state index is 15.0. The fourth-order valence-corrected chi connectivity index (χ4v) is 5.79. The summed E-state index contributed by atoms with van der Waals surface area (Å²) >= 11 is 0. The van der Waals surface area contributed by atoms with Gasteiger partial charge in [0, 0.05) is 24.7 Å². The number of fused-ring (bicyclic) bond motifs is 1. The number of anilines is 4. The van der Waals surface area contributed by atoms with Crippen LogP contribution < -0.4 is 26.8 Å². The number of piperidine rings is 1. The minimum Gasteiger partial charge on any atom is -0.365 e. The largest absolute Gasteiger partial charge is 0.365 e. The first-order chi connectivity index (χ1) is 17.2. The number of halogens is 2. The van der Waals surface area contributed by atoms with Crippen LogP contribution in [0.2, 0.25) is 0 Å². The number of nitrogens with one attached hydrogen (secondary N) is 3. The zero-order chi connectivity index (χ0) is 25.6. The molecule has 2 aliphatic heterocycles. The van der Waals surface area contributed by atoms with E-state index in [9.17, 15) is 9.18 Å². The summed E-state index contributed by atoms with van der Waals surface area (Å²) in [5.41, 5.74) is 1.13. The molecule has 1 saturated carbocycles. The van der Waals surface area contributed by atoms with E-state index in [-0.39, 0.29) is 35.0 Å². The highest BCUT2D eigenvalue weighted by atomic mass is 19.1. The van der Waals surface area contributed by atoms with Crippen molar-refractivity contribution in [1.29, 1.82) is 0 Å². The molecule has 2 atom stereocenters. The molecule has 3 heterocycles. The number of benzene rings is 1. The lowest BCUT2D eigenvalue weighted by Crippen LogP contribution is -2.55. The zero-order valence-electron chi connectivity index (χ0n) is 20.9. The second-order valence-corrected chi connectivity index (χ2v) is 10.7. The van der Waals surface area contributed by atoms with Gasteiger partial charge in [0.2, 0.25) is 5.95 Å². The van der Waals surface area contributed by atoms with E-state index in [1.807, 2.05) is 0 Å². The highest BCUT2D eigenvalue weighted by Gasteiger charge is 2.43. The van der Waals surface area contributed by atoms with Crippen LogP contribution in [0.3, 0.4) is 0 Å². The summed E-state index contributed by atoms with van der Waals surface area (Å²) in [6.45, 7) is 5.56. The fraction of sp³-hybridized carbons (Fsp3) is 0.560. The molecule has 1 aromatic carbocycles. The standard InChI is InChI=1S/C25H34F2N8O/c1-25(2)12-15(9-16-5-4-8-34(16)25)31-22-19(27)13-30-23(33-22)32-20-11-21(35(28)24(36)29-3)17(10-18(20)26)14-6-7-14/h10-11,13-16H,4-9,12,28H2,1-3H3,(H,29,36)(H2,30,31,32,33)/t15-,16-/m1/s1. The number of carbonyl (C=O) groups excluding carboxylic acids is 1. The van der Waals surface area contributed by atoms with E-state index < -0.39 is 17.7 Å². The third-order valence-electron chi connectivity index (χ3n) is 7.61. The van der Waals surface area contributed by atoms with E-state index in [4.69, 9.17) is 5.84 Å². The lowest BCUT2D eigenvalue weighted by atomic mass is 9.84. The Bertz CT molecular complexity index is 1160. The number of hydrazine groups is 1. The van der Waals surface area contributed by atoms with Crippen molar-refractivity contribution in [2.75, 3.05) is 29.2 Å². The SMILES string of the molecule is CNC(=O)N(N)c1cc(Nc2ncc(F)c(N[C@@H]3C[C@H]4CCCN4C(C)(C)C3)n2)c(F)cc1C1CC1. The average molecular weight is 501 g/mol. The minimum absolute atomic E-state index is 0.0172. The fourth-order valence-electron chi connectivity index (χ4n) is 5.79. The van der Waals surface area contributed by atoms with Gasteiger partial charge in [0.05, 0.1) is 17.6 Å². The Labute approximate surface area is 209 Å². The van der Waals surface area contributed by atoms with Gasteiger partial charge in [-0.15, -0.1) is 0 Å². The van der Waals surface area contributed by atoms with Crippen LogP contribution in [0.25, 0.3) is 0 Å². The quantitative estimate of drug-likeness (QED) is 0.267. The van der Waals surface area contributed by atoms with E-state index in [2.05, 4.69) is 44.7 Å². The molecule has 9 nitrogen and oxygen atoms in total. The molecule has 0 spiro atoms. The molecule has 5 rings (SSSR count). The predicted molar refractivity (Wildman–Crippen MR) is 135 cm³/mol. The molecule has 1 aromatic heterocycles. The van der Waals surface area contributed by atoms with Gasteiger partial charge in [-0.3, -0.25) is 4.90 Å². The highest BCUT2D eigenvalue weighted by molar-refractivity contribution is 5.92. The molecule has 0 radical (unpaired) electrons. The van der Waals surface area contributed by atoms with Gasteiger partial charge in [-0.25, -0.2) is 29.4 Å². The predicted octanol–water partition coefficient (Wildman–Crippen LogP) is 4.21. The van der Waals surface area contributed by atoms with Gasteiger partial charge in [-0.05, 0) is 82.5 Å². The second-order valence-electron chi connectivity index (χ2n) is 10.7. The Morgan fingerprint density at radius 1 is 1.22 bits per heavy atom. The summed E-state index contributed by atoms with van der Waals surface area (Å²) < 4.78 is 29.7. The van der Waals surface area contributed by atoms with Gasteiger partial charge < -0.3 is 16.0 Å². The smallest absolute Gasteiger partial charge is 0.336 e. The van der Waals surface area contributed by atoms with E-state index in [0.29, 0.717) is 17.3 Å². The lowest BCUT2D eigenvalue weighted by Gasteiger charge is -2.47. The zero-order valence-corrected chi connectivity index (χ0v) is 20.9. The van der Waals surface area contributed by atoms with Crippen LogP contribution in [0.5, 0.6) is 0 Å². The molecule has 2 aromatic rings. The van der Waals surface area contributed by atoms with Gasteiger partial charge in [0.1, 0.15) is 5.82 Å². The van der Waals surface area contributed by atoms with E-state index in [1.165, 1.54) is 25.6 Å². The normalized spacial score (nSPS) is 23.2. The second kappa shape index (κ2) is 9.44. The average Bonchev–Trinajstić information content (AvgIpc) is 3.57. The number of rotatable bonds is 6. The molecule has 2 saturated heterocycles. The number of nitrogens with zero attached hydrogens (tertiary/aromatic N) is 4. The Kier molecular flexibility index (Phi) is 6.46. The number of nitrogens with two attached hydrogens (primary N) is 1. The molecule has 5 N–H and O–H groups in total. The van der Waals surface area contributed by atoms with E-state index >= 15 is 4.39 Å². The van der Waals surface area contributed by atoms with Crippen LogP contribution in [0.15, 0.2) is 18.3 Å². The number of hydrogen-bond acceptors (Lipinski definition) is 7. The Morgan fingerprint density at radius 3 is 2.72 bits per heavy atom. The van der Waals surface area contributed by atoms with Crippen molar-refractivity contribution in [3.8, 4) is 0 Å². The molecule has 194 valence electrons. The topological polar surface area (TPSA) is 111 Å². The molecule has 0 bridgehead atoms. The van der Waals surface area contributed by atoms with Crippen molar-refractivity contribution in [3.63, 3.8) is 0 Å². The lowest BCUT2D eigenvalue weighted by molar-refractivity contribution is 0.0500. The molecular weight excluding hydrogens is 466 g/mol. The Morgan fingerprint density at radius 2 is 2.00 bits per heavy atom. The van der Waals surface area contributed by atoms with Crippen LogP contribution in [0.1, 0.15) is 63.9 Å². The number of carbonyl (C=O) groups is 1. The van der Waals surface area contributed by atoms with Crippen LogP contribution in [0, 0.1) is 11.6 Å². The first-order valence-electron chi connectivity index (χ1n) is 12.6. The summed E-state index contributed by atoms with van der Waals surface area (Å²) in [6, 6.07) is 2.88. The van der Waals surface area contributed by atoms with Crippen molar-refractivity contribution in [2.45, 2.75) is 75.9 Å². The summed E-state index contributed by atoms with van der Waals surface area (Å²) in [4.78, 5) is 23.0. The molecule has 3 aliphatic rings. The number of aromatic nitrogens is 2. The molecule has 36 heavy (non-hydrogen) atoms. The molecular formula is C25H34F2N8O. The minimum atomic E-state index is -0.565. The van der Waals surface area contributed by atoms with Gasteiger partial charge in [0.25, 0.3) is 0 Å². The van der Waals surface area contributed by atoms with Gasteiger partial charge in [-0.2, -0.15) is 4.98 Å².